The Hall–Kier alpha value is -1.46. The van der Waals surface area contributed by atoms with Crippen LogP contribution in [-0.4, -0.2) is 32.8 Å². The first kappa shape index (κ1) is 12.6. The standard InChI is InChI=1S/C11H14FNO3/c1-15-6-7-16-8-11(14)13-10-4-2-9(12)3-5-10/h2-5H,6-8H2,1H3,(H,13,14). The van der Waals surface area contributed by atoms with Crippen molar-refractivity contribution in [1.29, 1.82) is 0 Å². The van der Waals surface area contributed by atoms with Crippen molar-refractivity contribution in [2.75, 3.05) is 32.2 Å². The smallest absolute Gasteiger partial charge is 0.250 e. The number of benzene rings is 1. The summed E-state index contributed by atoms with van der Waals surface area (Å²) >= 11 is 0. The number of methoxy groups -OCH3 is 1. The van der Waals surface area contributed by atoms with E-state index in [1.807, 2.05) is 0 Å². The zero-order valence-electron chi connectivity index (χ0n) is 9.03. The van der Waals surface area contributed by atoms with Crippen molar-refractivity contribution >= 4 is 11.6 Å². The number of nitrogens with one attached hydrogen (secondary N) is 1. The fraction of sp³-hybridized carbons (Fsp3) is 0.364. The molecule has 0 unspecified atom stereocenters. The van der Waals surface area contributed by atoms with Gasteiger partial charge in [-0.3, -0.25) is 4.79 Å². The molecule has 0 radical (unpaired) electrons. The molecule has 0 aliphatic carbocycles. The number of hydrogen-bond donors (Lipinski definition) is 1. The van der Waals surface area contributed by atoms with Gasteiger partial charge in [0.2, 0.25) is 5.91 Å². The van der Waals surface area contributed by atoms with Gasteiger partial charge in [-0.1, -0.05) is 0 Å². The summed E-state index contributed by atoms with van der Waals surface area (Å²) in [4.78, 5) is 11.3. The van der Waals surface area contributed by atoms with E-state index in [4.69, 9.17) is 9.47 Å². The summed E-state index contributed by atoms with van der Waals surface area (Å²) in [6.07, 6.45) is 0. The molecule has 1 amide bonds. The van der Waals surface area contributed by atoms with E-state index >= 15 is 0 Å². The molecule has 1 rings (SSSR count). The van der Waals surface area contributed by atoms with Crippen molar-refractivity contribution in [3.63, 3.8) is 0 Å². The number of carbonyl (C=O) groups is 1. The Balaban J connectivity index is 2.26. The topological polar surface area (TPSA) is 47.6 Å². The number of amides is 1. The predicted molar refractivity (Wildman–Crippen MR) is 57.7 cm³/mol. The van der Waals surface area contributed by atoms with Gasteiger partial charge in [-0.2, -0.15) is 0 Å². The lowest BCUT2D eigenvalue weighted by Gasteiger charge is -2.05. The van der Waals surface area contributed by atoms with Crippen molar-refractivity contribution in [2.45, 2.75) is 0 Å². The van der Waals surface area contributed by atoms with Gasteiger partial charge in [0.05, 0.1) is 13.2 Å². The Kier molecular flexibility index (Phi) is 5.45. The lowest BCUT2D eigenvalue weighted by Crippen LogP contribution is -2.19. The molecule has 0 saturated carbocycles. The maximum absolute atomic E-state index is 12.6. The molecule has 5 heteroatoms. The lowest BCUT2D eigenvalue weighted by molar-refractivity contribution is -0.121. The first-order valence-electron chi connectivity index (χ1n) is 4.84. The molecule has 0 bridgehead atoms. The Morgan fingerprint density at radius 3 is 2.62 bits per heavy atom. The molecular formula is C11H14FNO3. The fourth-order valence-electron chi connectivity index (χ4n) is 1.04. The molecule has 1 N–H and O–H groups in total. The van der Waals surface area contributed by atoms with Crippen LogP contribution in [0.15, 0.2) is 24.3 Å². The molecule has 1 aromatic carbocycles. The molecule has 16 heavy (non-hydrogen) atoms. The average Bonchev–Trinajstić information content (AvgIpc) is 2.28. The second-order valence-corrected chi connectivity index (χ2v) is 3.10. The zero-order valence-corrected chi connectivity index (χ0v) is 9.03. The molecule has 0 heterocycles. The summed E-state index contributed by atoms with van der Waals surface area (Å²) in [6, 6.07) is 5.54. The van der Waals surface area contributed by atoms with Crippen molar-refractivity contribution in [3.8, 4) is 0 Å². The van der Waals surface area contributed by atoms with Crippen LogP contribution in [0.4, 0.5) is 10.1 Å². The maximum atomic E-state index is 12.6. The Morgan fingerprint density at radius 2 is 2.00 bits per heavy atom. The van der Waals surface area contributed by atoms with Gasteiger partial charge in [0.25, 0.3) is 0 Å². The number of ether oxygens (including phenoxy) is 2. The molecule has 0 saturated heterocycles. The number of carbonyl (C=O) groups excluding carboxylic acids is 1. The molecule has 0 fully saturated rings. The summed E-state index contributed by atoms with van der Waals surface area (Å²) in [5.74, 6) is -0.614. The first-order valence-corrected chi connectivity index (χ1v) is 4.84. The maximum Gasteiger partial charge on any atom is 0.250 e. The molecule has 1 aromatic rings. The Labute approximate surface area is 93.4 Å². The third-order valence-electron chi connectivity index (χ3n) is 1.79. The lowest BCUT2D eigenvalue weighted by atomic mass is 10.3. The number of rotatable bonds is 6. The van der Waals surface area contributed by atoms with E-state index in [1.54, 1.807) is 7.11 Å². The van der Waals surface area contributed by atoms with E-state index in [0.29, 0.717) is 18.9 Å². The highest BCUT2D eigenvalue weighted by Gasteiger charge is 2.02. The van der Waals surface area contributed by atoms with E-state index in [9.17, 15) is 9.18 Å². The van der Waals surface area contributed by atoms with Gasteiger partial charge < -0.3 is 14.8 Å². The number of hydrogen-bond acceptors (Lipinski definition) is 3. The van der Waals surface area contributed by atoms with Crippen molar-refractivity contribution in [2.24, 2.45) is 0 Å². The van der Waals surface area contributed by atoms with Crippen LogP contribution < -0.4 is 5.32 Å². The fourth-order valence-corrected chi connectivity index (χ4v) is 1.04. The third-order valence-corrected chi connectivity index (χ3v) is 1.79. The van der Waals surface area contributed by atoms with Gasteiger partial charge in [-0.25, -0.2) is 4.39 Å². The molecule has 0 aromatic heterocycles. The molecule has 0 aliphatic heterocycles. The normalized spacial score (nSPS) is 10.1. The number of halogens is 1. The van der Waals surface area contributed by atoms with Gasteiger partial charge in [0.1, 0.15) is 12.4 Å². The predicted octanol–water partition coefficient (Wildman–Crippen LogP) is 1.43. The van der Waals surface area contributed by atoms with E-state index in [1.165, 1.54) is 24.3 Å². The minimum Gasteiger partial charge on any atom is -0.382 e. The number of anilines is 1. The molecule has 88 valence electrons. The van der Waals surface area contributed by atoms with E-state index in [2.05, 4.69) is 5.32 Å². The first-order chi connectivity index (χ1) is 7.72. The SMILES string of the molecule is COCCOCC(=O)Nc1ccc(F)cc1. The van der Waals surface area contributed by atoms with Crippen LogP contribution >= 0.6 is 0 Å². The van der Waals surface area contributed by atoms with Gasteiger partial charge in [0, 0.05) is 12.8 Å². The van der Waals surface area contributed by atoms with Crippen LogP contribution in [0.1, 0.15) is 0 Å². The van der Waals surface area contributed by atoms with Crippen LogP contribution in [0.25, 0.3) is 0 Å². The van der Waals surface area contributed by atoms with E-state index < -0.39 is 0 Å². The Morgan fingerprint density at radius 1 is 1.31 bits per heavy atom. The van der Waals surface area contributed by atoms with Crippen molar-refractivity contribution in [3.05, 3.63) is 30.1 Å². The van der Waals surface area contributed by atoms with Crippen LogP contribution in [0, 0.1) is 5.82 Å². The average molecular weight is 227 g/mol. The van der Waals surface area contributed by atoms with Crippen LogP contribution in [0.3, 0.4) is 0 Å². The second kappa shape index (κ2) is 6.92. The molecule has 4 nitrogen and oxygen atoms in total. The van der Waals surface area contributed by atoms with Crippen LogP contribution in [0.2, 0.25) is 0 Å². The zero-order chi connectivity index (χ0) is 11.8. The summed E-state index contributed by atoms with van der Waals surface area (Å²) in [7, 11) is 1.56. The van der Waals surface area contributed by atoms with E-state index in [0.717, 1.165) is 0 Å². The second-order valence-electron chi connectivity index (χ2n) is 3.10. The van der Waals surface area contributed by atoms with Crippen molar-refractivity contribution < 1.29 is 18.7 Å². The van der Waals surface area contributed by atoms with Crippen LogP contribution in [0.5, 0.6) is 0 Å². The molecular weight excluding hydrogens is 213 g/mol. The highest BCUT2D eigenvalue weighted by Crippen LogP contribution is 2.07. The van der Waals surface area contributed by atoms with Gasteiger partial charge in [0.15, 0.2) is 0 Å². The summed E-state index contributed by atoms with van der Waals surface area (Å²) in [5.41, 5.74) is 0.543. The third kappa shape index (κ3) is 4.86. The summed E-state index contributed by atoms with van der Waals surface area (Å²) in [5, 5.41) is 2.57. The van der Waals surface area contributed by atoms with E-state index in [-0.39, 0.29) is 18.3 Å². The molecule has 0 aliphatic rings. The summed E-state index contributed by atoms with van der Waals surface area (Å²) in [6.45, 7) is 0.776. The summed E-state index contributed by atoms with van der Waals surface area (Å²) < 4.78 is 22.3. The van der Waals surface area contributed by atoms with Crippen molar-refractivity contribution in [1.82, 2.24) is 0 Å². The quantitative estimate of drug-likeness (QED) is 0.748. The minimum absolute atomic E-state index is 0.0409. The van der Waals surface area contributed by atoms with Crippen LogP contribution in [-0.2, 0) is 14.3 Å². The van der Waals surface area contributed by atoms with Gasteiger partial charge in [-0.15, -0.1) is 0 Å². The minimum atomic E-state index is -0.339. The van der Waals surface area contributed by atoms with Gasteiger partial charge in [-0.05, 0) is 24.3 Å². The monoisotopic (exact) mass is 227 g/mol. The highest BCUT2D eigenvalue weighted by molar-refractivity contribution is 5.91. The molecule has 0 spiro atoms. The van der Waals surface area contributed by atoms with Gasteiger partial charge >= 0.3 is 0 Å². The Bertz CT molecular complexity index is 327. The highest BCUT2D eigenvalue weighted by atomic mass is 19.1. The molecule has 0 atom stereocenters. The largest absolute Gasteiger partial charge is 0.382 e.